The molecule has 7 heteroatoms. The lowest BCUT2D eigenvalue weighted by Crippen LogP contribution is -2.45. The van der Waals surface area contributed by atoms with Gasteiger partial charge in [0.2, 0.25) is 17.7 Å². The normalized spacial score (nSPS) is 24.5. The Morgan fingerprint density at radius 3 is 2.73 bits per heavy atom. The topological polar surface area (TPSA) is 70.6 Å². The van der Waals surface area contributed by atoms with Crippen molar-refractivity contribution < 1.29 is 14.4 Å². The van der Waals surface area contributed by atoms with Crippen molar-refractivity contribution in [1.29, 1.82) is 0 Å². The zero-order chi connectivity index (χ0) is 21.3. The fraction of sp³-hybridized carbons (Fsp3) is 0.478. The van der Waals surface area contributed by atoms with Gasteiger partial charge in [0.15, 0.2) is 0 Å². The molecule has 0 aliphatic carbocycles. The van der Waals surface area contributed by atoms with E-state index in [9.17, 15) is 14.4 Å². The highest BCUT2D eigenvalue weighted by Gasteiger charge is 2.54. The van der Waals surface area contributed by atoms with Gasteiger partial charge >= 0.3 is 0 Å². The Bertz CT molecular complexity index is 958. The van der Waals surface area contributed by atoms with Crippen molar-refractivity contribution in [3.05, 3.63) is 52.0 Å². The van der Waals surface area contributed by atoms with E-state index in [1.807, 2.05) is 41.5 Å². The molecule has 30 heavy (non-hydrogen) atoms. The maximum atomic E-state index is 13.6. The molecular formula is C23H27N3O3S. The van der Waals surface area contributed by atoms with Crippen molar-refractivity contribution in [3.63, 3.8) is 0 Å². The van der Waals surface area contributed by atoms with Crippen LogP contribution in [0.2, 0.25) is 0 Å². The highest BCUT2D eigenvalue weighted by atomic mass is 32.1. The Morgan fingerprint density at radius 1 is 1.27 bits per heavy atom. The number of hydrogen-bond donors (Lipinski definition) is 0. The van der Waals surface area contributed by atoms with E-state index in [1.54, 1.807) is 24.5 Å². The summed E-state index contributed by atoms with van der Waals surface area (Å²) in [4.78, 5) is 47.4. The van der Waals surface area contributed by atoms with Crippen LogP contribution >= 0.6 is 11.3 Å². The van der Waals surface area contributed by atoms with E-state index in [-0.39, 0.29) is 36.6 Å². The standard InChI is InChI=1S/C23H27N3O3S/c1-3-25-19(27)14-23(22(25)29,17-9-5-4-8-16(17)2)15-20(28)26-12-7-6-10-18(26)21-24-11-13-30-21/h4-5,8-9,11,13,18H,3,6-7,10,12,14-15H2,1-2H3. The van der Waals surface area contributed by atoms with Crippen LogP contribution < -0.4 is 0 Å². The minimum absolute atomic E-state index is 0.0147. The minimum Gasteiger partial charge on any atom is -0.333 e. The molecule has 4 rings (SSSR count). The highest BCUT2D eigenvalue weighted by molar-refractivity contribution is 7.09. The maximum Gasteiger partial charge on any atom is 0.240 e. The first-order valence-electron chi connectivity index (χ1n) is 10.6. The number of imide groups is 1. The summed E-state index contributed by atoms with van der Waals surface area (Å²) in [5.74, 6) is -0.522. The molecule has 0 N–H and O–H groups in total. The number of likely N-dealkylation sites (N-methyl/N-ethyl adjacent to an activating group) is 1. The zero-order valence-corrected chi connectivity index (χ0v) is 18.3. The molecule has 2 aliphatic rings. The zero-order valence-electron chi connectivity index (χ0n) is 17.5. The van der Waals surface area contributed by atoms with E-state index in [0.29, 0.717) is 13.1 Å². The number of rotatable bonds is 5. The maximum absolute atomic E-state index is 13.6. The Labute approximate surface area is 180 Å². The van der Waals surface area contributed by atoms with Gasteiger partial charge in [-0.15, -0.1) is 11.3 Å². The summed E-state index contributed by atoms with van der Waals surface area (Å²) < 4.78 is 0. The lowest BCUT2D eigenvalue weighted by molar-refractivity contribution is -0.143. The first-order valence-corrected chi connectivity index (χ1v) is 11.5. The molecule has 3 heterocycles. The summed E-state index contributed by atoms with van der Waals surface area (Å²) in [5, 5.41) is 2.87. The van der Waals surface area contributed by atoms with Gasteiger partial charge in [-0.05, 0) is 44.2 Å². The number of benzene rings is 1. The van der Waals surface area contributed by atoms with Gasteiger partial charge in [0.05, 0.1) is 11.5 Å². The number of carbonyl (C=O) groups excluding carboxylic acids is 3. The Balaban J connectivity index is 1.71. The molecular weight excluding hydrogens is 398 g/mol. The quantitative estimate of drug-likeness (QED) is 0.686. The van der Waals surface area contributed by atoms with Gasteiger partial charge < -0.3 is 4.90 Å². The Kier molecular flexibility index (Phi) is 5.73. The third-order valence-corrected chi connectivity index (χ3v) is 7.27. The predicted octanol–water partition coefficient (Wildman–Crippen LogP) is 3.61. The van der Waals surface area contributed by atoms with Crippen LogP contribution in [0.3, 0.4) is 0 Å². The van der Waals surface area contributed by atoms with E-state index in [4.69, 9.17) is 0 Å². The molecule has 0 spiro atoms. The molecule has 2 aromatic rings. The van der Waals surface area contributed by atoms with E-state index in [0.717, 1.165) is 35.4 Å². The average Bonchev–Trinajstić information content (AvgIpc) is 3.36. The number of thiazole rings is 1. The smallest absolute Gasteiger partial charge is 0.240 e. The first kappa shape index (κ1) is 20.7. The fourth-order valence-corrected chi connectivity index (χ4v) is 5.70. The molecule has 3 amide bonds. The third-order valence-electron chi connectivity index (χ3n) is 6.40. The van der Waals surface area contributed by atoms with Gasteiger partial charge in [0.25, 0.3) is 0 Å². The molecule has 2 fully saturated rings. The molecule has 2 saturated heterocycles. The van der Waals surface area contributed by atoms with Crippen LogP contribution in [-0.2, 0) is 19.8 Å². The number of likely N-dealkylation sites (tertiary alicyclic amines) is 2. The summed E-state index contributed by atoms with van der Waals surface area (Å²) in [7, 11) is 0. The minimum atomic E-state index is -1.12. The average molecular weight is 426 g/mol. The summed E-state index contributed by atoms with van der Waals surface area (Å²) in [5.41, 5.74) is 0.593. The Hall–Kier alpha value is -2.54. The van der Waals surface area contributed by atoms with E-state index in [2.05, 4.69) is 4.98 Å². The first-order chi connectivity index (χ1) is 14.5. The second-order valence-electron chi connectivity index (χ2n) is 8.16. The summed E-state index contributed by atoms with van der Waals surface area (Å²) in [6.07, 6.45) is 4.71. The Morgan fingerprint density at radius 2 is 2.07 bits per heavy atom. The van der Waals surface area contributed by atoms with Gasteiger partial charge in [0.1, 0.15) is 5.01 Å². The molecule has 0 bridgehead atoms. The van der Waals surface area contributed by atoms with Gasteiger partial charge in [-0.2, -0.15) is 0 Å². The number of aromatic nitrogens is 1. The highest BCUT2D eigenvalue weighted by Crippen LogP contribution is 2.43. The van der Waals surface area contributed by atoms with Crippen molar-refractivity contribution in [3.8, 4) is 0 Å². The second-order valence-corrected chi connectivity index (χ2v) is 9.09. The van der Waals surface area contributed by atoms with Crippen molar-refractivity contribution in [2.75, 3.05) is 13.1 Å². The molecule has 1 aromatic heterocycles. The van der Waals surface area contributed by atoms with Gasteiger partial charge in [-0.3, -0.25) is 19.3 Å². The molecule has 2 aliphatic heterocycles. The largest absolute Gasteiger partial charge is 0.333 e. The van der Waals surface area contributed by atoms with Crippen molar-refractivity contribution in [1.82, 2.24) is 14.8 Å². The van der Waals surface area contributed by atoms with Crippen molar-refractivity contribution in [2.24, 2.45) is 0 Å². The van der Waals surface area contributed by atoms with Crippen molar-refractivity contribution >= 4 is 29.1 Å². The summed E-state index contributed by atoms with van der Waals surface area (Å²) in [6, 6.07) is 7.57. The molecule has 0 saturated carbocycles. The van der Waals surface area contributed by atoms with Crippen LogP contribution in [0.5, 0.6) is 0 Å². The molecule has 2 atom stereocenters. The SMILES string of the molecule is CCN1C(=O)CC(CC(=O)N2CCCCC2c2nccs2)(c2ccccc2C)C1=O. The lowest BCUT2D eigenvalue weighted by Gasteiger charge is -2.37. The summed E-state index contributed by atoms with van der Waals surface area (Å²) in [6.45, 7) is 4.72. The lowest BCUT2D eigenvalue weighted by atomic mass is 9.73. The van der Waals surface area contributed by atoms with E-state index >= 15 is 0 Å². The number of aryl methyl sites for hydroxylation is 1. The molecule has 1 aromatic carbocycles. The van der Waals surface area contributed by atoms with E-state index < -0.39 is 5.41 Å². The van der Waals surface area contributed by atoms with Crippen LogP contribution in [0.1, 0.15) is 61.2 Å². The number of piperidine rings is 1. The van der Waals surface area contributed by atoms with Crippen LogP contribution in [0.25, 0.3) is 0 Å². The van der Waals surface area contributed by atoms with E-state index in [1.165, 1.54) is 4.90 Å². The second kappa shape index (κ2) is 8.30. The van der Waals surface area contributed by atoms with Crippen LogP contribution in [0, 0.1) is 6.92 Å². The van der Waals surface area contributed by atoms with Crippen LogP contribution in [0.15, 0.2) is 35.8 Å². The summed E-state index contributed by atoms with van der Waals surface area (Å²) >= 11 is 1.56. The predicted molar refractivity (Wildman–Crippen MR) is 115 cm³/mol. The third kappa shape index (κ3) is 3.45. The molecule has 0 radical (unpaired) electrons. The van der Waals surface area contributed by atoms with Crippen molar-refractivity contribution in [2.45, 2.75) is 57.4 Å². The number of hydrogen-bond acceptors (Lipinski definition) is 5. The fourth-order valence-electron chi connectivity index (χ4n) is 4.92. The number of amides is 3. The monoisotopic (exact) mass is 425 g/mol. The van der Waals surface area contributed by atoms with Gasteiger partial charge in [0, 0.05) is 37.5 Å². The number of nitrogens with zero attached hydrogens (tertiary/aromatic N) is 3. The van der Waals surface area contributed by atoms with Crippen LogP contribution in [0.4, 0.5) is 0 Å². The molecule has 158 valence electrons. The molecule has 6 nitrogen and oxygen atoms in total. The van der Waals surface area contributed by atoms with Gasteiger partial charge in [-0.25, -0.2) is 4.98 Å². The van der Waals surface area contributed by atoms with Crippen LogP contribution in [-0.4, -0.2) is 45.6 Å². The van der Waals surface area contributed by atoms with Gasteiger partial charge in [-0.1, -0.05) is 24.3 Å². The molecule has 2 unspecified atom stereocenters. The number of carbonyl (C=O) groups is 3.